The zero-order valence-corrected chi connectivity index (χ0v) is 11.0. The van der Waals surface area contributed by atoms with Crippen LogP contribution in [0.5, 0.6) is 0 Å². The molecule has 108 valence electrons. The Kier molecular flexibility index (Phi) is 3.84. The number of nitro groups is 1. The van der Waals surface area contributed by atoms with Gasteiger partial charge in [0.25, 0.3) is 5.69 Å². The average molecular weight is 290 g/mol. The number of nitro benzene ring substituents is 1. The predicted molar refractivity (Wildman–Crippen MR) is 74.5 cm³/mol. The van der Waals surface area contributed by atoms with Gasteiger partial charge in [0.1, 0.15) is 11.5 Å². The van der Waals surface area contributed by atoms with Gasteiger partial charge in [-0.05, 0) is 36.8 Å². The monoisotopic (exact) mass is 290 g/mol. The maximum absolute atomic E-state index is 13.2. The molecule has 2 N–H and O–H groups in total. The Labute approximate surface area is 119 Å². The van der Waals surface area contributed by atoms with E-state index in [2.05, 4.69) is 5.32 Å². The maximum atomic E-state index is 13.2. The first-order chi connectivity index (χ1) is 9.88. The van der Waals surface area contributed by atoms with Gasteiger partial charge in [-0.2, -0.15) is 0 Å². The van der Waals surface area contributed by atoms with Crippen molar-refractivity contribution in [2.45, 2.75) is 6.92 Å². The van der Waals surface area contributed by atoms with E-state index in [0.717, 1.165) is 18.2 Å². The zero-order valence-electron chi connectivity index (χ0n) is 11.0. The van der Waals surface area contributed by atoms with Crippen LogP contribution < -0.4 is 5.32 Å². The molecular formula is C14H11FN2O4. The van der Waals surface area contributed by atoms with Crippen LogP contribution in [0.4, 0.5) is 21.5 Å². The summed E-state index contributed by atoms with van der Waals surface area (Å²) in [5.74, 6) is -1.70. The number of benzene rings is 2. The minimum atomic E-state index is -1.20. The van der Waals surface area contributed by atoms with Crippen molar-refractivity contribution in [1.82, 2.24) is 0 Å². The molecule has 0 aliphatic carbocycles. The van der Waals surface area contributed by atoms with E-state index in [1.165, 1.54) is 18.2 Å². The van der Waals surface area contributed by atoms with Crippen molar-refractivity contribution < 1.29 is 19.2 Å². The molecule has 0 aromatic heterocycles. The highest BCUT2D eigenvalue weighted by molar-refractivity contribution is 5.90. The number of carboxylic acids is 1. The van der Waals surface area contributed by atoms with Crippen LogP contribution in [0.2, 0.25) is 0 Å². The van der Waals surface area contributed by atoms with Crippen molar-refractivity contribution in [3.05, 3.63) is 63.5 Å². The van der Waals surface area contributed by atoms with E-state index in [-0.39, 0.29) is 16.9 Å². The van der Waals surface area contributed by atoms with Gasteiger partial charge in [-0.25, -0.2) is 9.18 Å². The number of aromatic carboxylic acids is 1. The maximum Gasteiger partial charge on any atom is 0.335 e. The molecule has 0 radical (unpaired) electrons. The standard InChI is InChI=1S/C14H11FN2O4/c1-8-2-4-10(15)7-11(8)16-12-6-9(14(18)19)3-5-13(12)17(20)21/h2-7,16H,1H3,(H,18,19). The molecule has 0 saturated carbocycles. The summed E-state index contributed by atoms with van der Waals surface area (Å²) in [6, 6.07) is 7.36. The molecule has 6 nitrogen and oxygen atoms in total. The Morgan fingerprint density at radius 2 is 1.95 bits per heavy atom. The first-order valence-electron chi connectivity index (χ1n) is 5.93. The predicted octanol–water partition coefficient (Wildman–Crippen LogP) is 3.48. The molecule has 0 fully saturated rings. The molecule has 0 spiro atoms. The number of carbonyl (C=O) groups is 1. The normalized spacial score (nSPS) is 10.2. The summed E-state index contributed by atoms with van der Waals surface area (Å²) in [4.78, 5) is 21.3. The summed E-state index contributed by atoms with van der Waals surface area (Å²) in [6.45, 7) is 1.70. The number of hydrogen-bond acceptors (Lipinski definition) is 4. The van der Waals surface area contributed by atoms with Crippen LogP contribution >= 0.6 is 0 Å². The van der Waals surface area contributed by atoms with Crippen molar-refractivity contribution >= 4 is 23.0 Å². The number of carboxylic acid groups (broad SMARTS) is 1. The van der Waals surface area contributed by atoms with E-state index >= 15 is 0 Å². The van der Waals surface area contributed by atoms with Gasteiger partial charge in [0.05, 0.1) is 10.5 Å². The number of rotatable bonds is 4. The van der Waals surface area contributed by atoms with Crippen molar-refractivity contribution in [3.8, 4) is 0 Å². The molecule has 0 amide bonds. The Balaban J connectivity index is 2.50. The SMILES string of the molecule is Cc1ccc(F)cc1Nc1cc(C(=O)O)ccc1[N+](=O)[O-]. The molecule has 0 heterocycles. The summed E-state index contributed by atoms with van der Waals surface area (Å²) >= 11 is 0. The second-order valence-electron chi connectivity index (χ2n) is 4.38. The van der Waals surface area contributed by atoms with Crippen molar-refractivity contribution in [3.63, 3.8) is 0 Å². The lowest BCUT2D eigenvalue weighted by Gasteiger charge is -2.10. The Morgan fingerprint density at radius 1 is 1.24 bits per heavy atom. The van der Waals surface area contributed by atoms with E-state index in [4.69, 9.17) is 5.11 Å². The van der Waals surface area contributed by atoms with Gasteiger partial charge in [0, 0.05) is 11.8 Å². The molecule has 0 saturated heterocycles. The van der Waals surface area contributed by atoms with E-state index in [0.29, 0.717) is 11.3 Å². The number of aryl methyl sites for hydroxylation is 1. The molecule has 2 rings (SSSR count). The molecule has 2 aromatic rings. The molecule has 0 aliphatic rings. The van der Waals surface area contributed by atoms with Gasteiger partial charge < -0.3 is 10.4 Å². The molecule has 0 unspecified atom stereocenters. The first kappa shape index (κ1) is 14.4. The highest BCUT2D eigenvalue weighted by atomic mass is 19.1. The van der Waals surface area contributed by atoms with E-state index in [1.54, 1.807) is 6.92 Å². The second kappa shape index (κ2) is 5.58. The molecule has 0 bridgehead atoms. The lowest BCUT2D eigenvalue weighted by molar-refractivity contribution is -0.383. The van der Waals surface area contributed by atoms with Gasteiger partial charge in [0.2, 0.25) is 0 Å². The average Bonchev–Trinajstić information content (AvgIpc) is 2.42. The fourth-order valence-electron chi connectivity index (χ4n) is 1.80. The number of hydrogen-bond donors (Lipinski definition) is 2. The third-order valence-electron chi connectivity index (χ3n) is 2.91. The third kappa shape index (κ3) is 3.14. The molecule has 2 aromatic carbocycles. The number of anilines is 2. The molecule has 21 heavy (non-hydrogen) atoms. The van der Waals surface area contributed by atoms with Crippen LogP contribution in [-0.2, 0) is 0 Å². The Hall–Kier alpha value is -2.96. The van der Waals surface area contributed by atoms with Crippen LogP contribution in [-0.4, -0.2) is 16.0 Å². The van der Waals surface area contributed by atoms with E-state index in [1.807, 2.05) is 0 Å². The van der Waals surface area contributed by atoms with Gasteiger partial charge in [-0.3, -0.25) is 10.1 Å². The summed E-state index contributed by atoms with van der Waals surface area (Å²) in [5, 5.41) is 22.6. The Morgan fingerprint density at radius 3 is 2.57 bits per heavy atom. The lowest BCUT2D eigenvalue weighted by Crippen LogP contribution is -2.02. The number of nitrogens with zero attached hydrogens (tertiary/aromatic N) is 1. The van der Waals surface area contributed by atoms with Gasteiger partial charge >= 0.3 is 5.97 Å². The minimum Gasteiger partial charge on any atom is -0.478 e. The van der Waals surface area contributed by atoms with Gasteiger partial charge in [0.15, 0.2) is 0 Å². The van der Waals surface area contributed by atoms with Gasteiger partial charge in [-0.15, -0.1) is 0 Å². The topological polar surface area (TPSA) is 92.5 Å². The fourth-order valence-corrected chi connectivity index (χ4v) is 1.80. The second-order valence-corrected chi connectivity index (χ2v) is 4.38. The molecular weight excluding hydrogens is 279 g/mol. The quantitative estimate of drug-likeness (QED) is 0.664. The van der Waals surface area contributed by atoms with Crippen molar-refractivity contribution in [2.24, 2.45) is 0 Å². The smallest absolute Gasteiger partial charge is 0.335 e. The van der Waals surface area contributed by atoms with Gasteiger partial charge in [-0.1, -0.05) is 6.07 Å². The van der Waals surface area contributed by atoms with Crippen molar-refractivity contribution in [2.75, 3.05) is 5.32 Å². The van der Waals surface area contributed by atoms with Crippen LogP contribution in [0, 0.1) is 22.9 Å². The van der Waals surface area contributed by atoms with E-state index < -0.39 is 16.7 Å². The summed E-state index contributed by atoms with van der Waals surface area (Å²) < 4.78 is 13.2. The Bertz CT molecular complexity index is 731. The summed E-state index contributed by atoms with van der Waals surface area (Å²) in [6.07, 6.45) is 0. The molecule has 0 aliphatic heterocycles. The van der Waals surface area contributed by atoms with Crippen LogP contribution in [0.15, 0.2) is 36.4 Å². The lowest BCUT2D eigenvalue weighted by atomic mass is 10.1. The zero-order chi connectivity index (χ0) is 15.6. The van der Waals surface area contributed by atoms with Crippen LogP contribution in [0.25, 0.3) is 0 Å². The van der Waals surface area contributed by atoms with Crippen LogP contribution in [0.1, 0.15) is 15.9 Å². The molecule has 0 atom stereocenters. The van der Waals surface area contributed by atoms with E-state index in [9.17, 15) is 19.3 Å². The number of halogens is 1. The highest BCUT2D eigenvalue weighted by Crippen LogP contribution is 2.30. The molecule has 7 heteroatoms. The third-order valence-corrected chi connectivity index (χ3v) is 2.91. The first-order valence-corrected chi connectivity index (χ1v) is 5.93. The fraction of sp³-hybridized carbons (Fsp3) is 0.0714. The minimum absolute atomic E-state index is 0.00593. The summed E-state index contributed by atoms with van der Waals surface area (Å²) in [7, 11) is 0. The largest absolute Gasteiger partial charge is 0.478 e. The highest BCUT2D eigenvalue weighted by Gasteiger charge is 2.17. The van der Waals surface area contributed by atoms with Crippen LogP contribution in [0.3, 0.4) is 0 Å². The van der Waals surface area contributed by atoms with Crippen molar-refractivity contribution in [1.29, 1.82) is 0 Å². The summed E-state index contributed by atoms with van der Waals surface area (Å²) in [5.41, 5.74) is 0.612. The number of nitrogens with one attached hydrogen (secondary N) is 1.